The van der Waals surface area contributed by atoms with Crippen molar-refractivity contribution in [2.24, 2.45) is 0 Å². The third-order valence-electron chi connectivity index (χ3n) is 4.06. The standard InChI is InChI=1S/C17H20FNO4S/c1-23-17(22)16(12-5-3-4-6-13(12)18)19-8-7-14(24-2)11(10-19)9-15(20)21/h3-6,9,14,16H,7-8,10H2,1-2H3,(H,20,21)/b11-9-/t14-,16-/m0/s1. The summed E-state index contributed by atoms with van der Waals surface area (Å²) in [5, 5.41) is 9.14. The average molecular weight is 353 g/mol. The van der Waals surface area contributed by atoms with Gasteiger partial charge in [0, 0.05) is 30.0 Å². The summed E-state index contributed by atoms with van der Waals surface area (Å²) >= 11 is 1.57. The molecule has 0 bridgehead atoms. The van der Waals surface area contributed by atoms with E-state index in [1.54, 1.807) is 34.9 Å². The summed E-state index contributed by atoms with van der Waals surface area (Å²) in [6, 6.07) is 5.18. The molecular formula is C17H20FNO4S. The Kier molecular flexibility index (Phi) is 6.39. The molecule has 0 saturated carbocycles. The van der Waals surface area contributed by atoms with Crippen LogP contribution in [0.4, 0.5) is 4.39 Å². The molecule has 1 aromatic rings. The number of methoxy groups -OCH3 is 1. The first-order valence-electron chi connectivity index (χ1n) is 7.50. The summed E-state index contributed by atoms with van der Waals surface area (Å²) < 4.78 is 19.1. The number of carbonyl (C=O) groups is 2. The van der Waals surface area contributed by atoms with Crippen molar-refractivity contribution in [2.45, 2.75) is 17.7 Å². The van der Waals surface area contributed by atoms with Crippen LogP contribution in [-0.2, 0) is 14.3 Å². The summed E-state index contributed by atoms with van der Waals surface area (Å²) in [7, 11) is 1.26. The van der Waals surface area contributed by atoms with Crippen molar-refractivity contribution in [2.75, 3.05) is 26.5 Å². The van der Waals surface area contributed by atoms with E-state index in [2.05, 4.69) is 0 Å². The van der Waals surface area contributed by atoms with E-state index in [4.69, 9.17) is 9.84 Å². The summed E-state index contributed by atoms with van der Waals surface area (Å²) in [4.78, 5) is 25.1. The normalized spacial score (nSPS) is 21.5. The number of piperidine rings is 1. The van der Waals surface area contributed by atoms with Gasteiger partial charge in [-0.1, -0.05) is 18.2 Å². The third-order valence-corrected chi connectivity index (χ3v) is 5.17. The molecule has 0 aliphatic carbocycles. The van der Waals surface area contributed by atoms with Gasteiger partial charge in [0.15, 0.2) is 0 Å². The van der Waals surface area contributed by atoms with Crippen molar-refractivity contribution in [1.29, 1.82) is 0 Å². The number of hydrogen-bond donors (Lipinski definition) is 1. The Morgan fingerprint density at radius 2 is 2.17 bits per heavy atom. The molecule has 0 radical (unpaired) electrons. The Hall–Kier alpha value is -1.86. The number of aliphatic carboxylic acids is 1. The van der Waals surface area contributed by atoms with E-state index in [9.17, 15) is 14.0 Å². The predicted molar refractivity (Wildman–Crippen MR) is 90.4 cm³/mol. The van der Waals surface area contributed by atoms with Crippen LogP contribution >= 0.6 is 11.8 Å². The number of rotatable bonds is 5. The van der Waals surface area contributed by atoms with E-state index in [0.717, 1.165) is 0 Å². The van der Waals surface area contributed by atoms with E-state index in [1.165, 1.54) is 19.3 Å². The van der Waals surface area contributed by atoms with Gasteiger partial charge in [-0.05, 0) is 24.3 Å². The van der Waals surface area contributed by atoms with Crippen molar-refractivity contribution < 1.29 is 23.8 Å². The van der Waals surface area contributed by atoms with Crippen molar-refractivity contribution in [3.63, 3.8) is 0 Å². The zero-order valence-corrected chi connectivity index (χ0v) is 14.4. The van der Waals surface area contributed by atoms with Gasteiger partial charge < -0.3 is 9.84 Å². The van der Waals surface area contributed by atoms with Gasteiger partial charge in [0.25, 0.3) is 0 Å². The Balaban J connectivity index is 2.36. The van der Waals surface area contributed by atoms with Gasteiger partial charge in [-0.2, -0.15) is 11.8 Å². The van der Waals surface area contributed by atoms with Crippen LogP contribution in [0.25, 0.3) is 0 Å². The first kappa shape index (κ1) is 18.5. The summed E-state index contributed by atoms with van der Waals surface area (Å²) in [5.41, 5.74) is 0.952. The number of nitrogens with zero attached hydrogens (tertiary/aromatic N) is 1. The lowest BCUT2D eigenvalue weighted by atomic mass is 9.98. The van der Waals surface area contributed by atoms with Gasteiger partial charge in [0.2, 0.25) is 0 Å². The van der Waals surface area contributed by atoms with E-state index in [-0.39, 0.29) is 17.4 Å². The van der Waals surface area contributed by atoms with Crippen LogP contribution in [-0.4, -0.2) is 53.7 Å². The topological polar surface area (TPSA) is 66.8 Å². The SMILES string of the molecule is COC(=O)[C@H](c1ccccc1F)N1CC[C@H](SC)/C(=C\C(=O)O)C1. The van der Waals surface area contributed by atoms with E-state index >= 15 is 0 Å². The molecule has 2 rings (SSSR count). The molecule has 1 aliphatic rings. The Morgan fingerprint density at radius 1 is 1.46 bits per heavy atom. The monoisotopic (exact) mass is 353 g/mol. The van der Waals surface area contributed by atoms with Gasteiger partial charge in [-0.3, -0.25) is 4.90 Å². The molecule has 0 amide bonds. The molecule has 0 unspecified atom stereocenters. The number of benzene rings is 1. The second-order valence-corrected chi connectivity index (χ2v) is 6.53. The van der Waals surface area contributed by atoms with Gasteiger partial charge in [-0.25, -0.2) is 14.0 Å². The maximum atomic E-state index is 14.2. The first-order chi connectivity index (χ1) is 11.5. The smallest absolute Gasteiger partial charge is 0.328 e. The average Bonchev–Trinajstić information content (AvgIpc) is 2.56. The summed E-state index contributed by atoms with van der Waals surface area (Å²) in [6.07, 6.45) is 3.79. The number of thioether (sulfide) groups is 1. The number of carbonyl (C=O) groups excluding carboxylic acids is 1. The van der Waals surface area contributed by atoms with Crippen LogP contribution in [0.1, 0.15) is 18.0 Å². The van der Waals surface area contributed by atoms with Crippen LogP contribution < -0.4 is 0 Å². The third kappa shape index (κ3) is 4.15. The van der Waals surface area contributed by atoms with E-state index in [1.807, 2.05) is 6.26 Å². The Bertz CT molecular complexity index is 649. The number of esters is 1. The van der Waals surface area contributed by atoms with Crippen molar-refractivity contribution in [3.05, 3.63) is 47.3 Å². The highest BCUT2D eigenvalue weighted by atomic mass is 32.2. The van der Waals surface area contributed by atoms with E-state index in [0.29, 0.717) is 18.5 Å². The summed E-state index contributed by atoms with van der Waals surface area (Å²) in [5.74, 6) is -2.06. The predicted octanol–water partition coefficient (Wildman–Crippen LogP) is 2.49. The number of hydrogen-bond acceptors (Lipinski definition) is 5. The molecule has 2 atom stereocenters. The zero-order chi connectivity index (χ0) is 17.7. The minimum absolute atomic E-state index is 0.0799. The van der Waals surface area contributed by atoms with Crippen LogP contribution in [0.3, 0.4) is 0 Å². The van der Waals surface area contributed by atoms with Crippen molar-refractivity contribution >= 4 is 23.7 Å². The fourth-order valence-corrected chi connectivity index (χ4v) is 3.74. The molecule has 7 heteroatoms. The van der Waals surface area contributed by atoms with Gasteiger partial charge in [0.1, 0.15) is 11.9 Å². The summed E-state index contributed by atoms with van der Waals surface area (Å²) in [6.45, 7) is 0.836. The largest absolute Gasteiger partial charge is 0.478 e. The van der Waals surface area contributed by atoms with Crippen LogP contribution in [0.5, 0.6) is 0 Å². The Labute approximate surface area is 144 Å². The molecule has 5 nitrogen and oxygen atoms in total. The molecule has 0 spiro atoms. The lowest BCUT2D eigenvalue weighted by Crippen LogP contribution is -2.43. The highest BCUT2D eigenvalue weighted by molar-refractivity contribution is 7.99. The molecular weight excluding hydrogens is 333 g/mol. The number of ether oxygens (including phenoxy) is 1. The fourth-order valence-electron chi connectivity index (χ4n) is 2.95. The molecule has 1 heterocycles. The Morgan fingerprint density at radius 3 is 2.75 bits per heavy atom. The van der Waals surface area contributed by atoms with Gasteiger partial charge in [-0.15, -0.1) is 0 Å². The maximum Gasteiger partial charge on any atom is 0.328 e. The number of likely N-dealkylation sites (tertiary alicyclic amines) is 1. The lowest BCUT2D eigenvalue weighted by molar-refractivity contribution is -0.147. The highest BCUT2D eigenvalue weighted by Gasteiger charge is 2.35. The molecule has 0 aromatic heterocycles. The maximum absolute atomic E-state index is 14.2. The molecule has 1 fully saturated rings. The van der Waals surface area contributed by atoms with Crippen LogP contribution in [0.2, 0.25) is 0 Å². The fraction of sp³-hybridized carbons (Fsp3) is 0.412. The molecule has 24 heavy (non-hydrogen) atoms. The number of halogens is 1. The molecule has 130 valence electrons. The van der Waals surface area contributed by atoms with Gasteiger partial charge in [0.05, 0.1) is 7.11 Å². The first-order valence-corrected chi connectivity index (χ1v) is 8.79. The molecule has 1 aromatic carbocycles. The van der Waals surface area contributed by atoms with Crippen LogP contribution in [0.15, 0.2) is 35.9 Å². The molecule has 1 aliphatic heterocycles. The van der Waals surface area contributed by atoms with Gasteiger partial charge >= 0.3 is 11.9 Å². The zero-order valence-electron chi connectivity index (χ0n) is 13.6. The quantitative estimate of drug-likeness (QED) is 0.648. The molecule has 1 N–H and O–H groups in total. The lowest BCUT2D eigenvalue weighted by Gasteiger charge is -2.37. The highest BCUT2D eigenvalue weighted by Crippen LogP contribution is 2.33. The van der Waals surface area contributed by atoms with Crippen LogP contribution in [0, 0.1) is 5.82 Å². The van der Waals surface area contributed by atoms with Crippen molar-refractivity contribution in [1.82, 2.24) is 4.90 Å². The van der Waals surface area contributed by atoms with E-state index < -0.39 is 23.8 Å². The minimum Gasteiger partial charge on any atom is -0.478 e. The number of carboxylic acids is 1. The molecule has 1 saturated heterocycles. The van der Waals surface area contributed by atoms with Crippen molar-refractivity contribution in [3.8, 4) is 0 Å². The second kappa shape index (κ2) is 8.30. The second-order valence-electron chi connectivity index (χ2n) is 5.49. The minimum atomic E-state index is -1.02. The number of carboxylic acid groups (broad SMARTS) is 1.